The van der Waals surface area contributed by atoms with E-state index >= 15 is 0 Å². The lowest BCUT2D eigenvalue weighted by atomic mass is 10.0. The van der Waals surface area contributed by atoms with Crippen molar-refractivity contribution in [2.75, 3.05) is 18.5 Å². The maximum Gasteiger partial charge on any atom is 0.125 e. The second-order valence-electron chi connectivity index (χ2n) is 3.91. The van der Waals surface area contributed by atoms with Crippen LogP contribution in [0.25, 0.3) is 0 Å². The summed E-state index contributed by atoms with van der Waals surface area (Å²) in [5.41, 5.74) is 0. The van der Waals surface area contributed by atoms with Crippen LogP contribution in [0.3, 0.4) is 0 Å². The molecule has 0 spiro atoms. The summed E-state index contributed by atoms with van der Waals surface area (Å²) in [4.78, 5) is 4.25. The average Bonchev–Trinajstić information content (AvgIpc) is 2.29. The molecule has 0 saturated carbocycles. The summed E-state index contributed by atoms with van der Waals surface area (Å²) in [6.45, 7) is 3.31. The van der Waals surface area contributed by atoms with Gasteiger partial charge in [-0.25, -0.2) is 4.98 Å². The van der Waals surface area contributed by atoms with Crippen molar-refractivity contribution in [2.24, 2.45) is 5.92 Å². The van der Waals surface area contributed by atoms with Crippen LogP contribution >= 0.6 is 15.9 Å². The highest BCUT2D eigenvalue weighted by molar-refractivity contribution is 9.10. The lowest BCUT2D eigenvalue weighted by Crippen LogP contribution is -2.16. The maximum atomic E-state index is 8.95. The molecule has 0 fully saturated rings. The summed E-state index contributed by atoms with van der Waals surface area (Å²) in [5.74, 6) is 1.42. The molecule has 0 amide bonds. The van der Waals surface area contributed by atoms with Gasteiger partial charge in [-0.1, -0.05) is 13.3 Å². The molecule has 1 aromatic heterocycles. The first-order valence-electron chi connectivity index (χ1n) is 5.72. The third-order valence-electron chi connectivity index (χ3n) is 2.53. The molecule has 1 unspecified atom stereocenters. The molecule has 1 atom stereocenters. The van der Waals surface area contributed by atoms with E-state index in [2.05, 4.69) is 33.2 Å². The number of aromatic nitrogens is 1. The number of nitrogens with zero attached hydrogens (tertiary/aromatic N) is 1. The van der Waals surface area contributed by atoms with Crippen molar-refractivity contribution in [2.45, 2.75) is 26.2 Å². The summed E-state index contributed by atoms with van der Waals surface area (Å²) in [5, 5.41) is 12.2. The fourth-order valence-electron chi connectivity index (χ4n) is 1.67. The Hall–Kier alpha value is -0.610. The quantitative estimate of drug-likeness (QED) is 0.810. The number of halogens is 1. The van der Waals surface area contributed by atoms with Crippen LogP contribution in [-0.2, 0) is 0 Å². The van der Waals surface area contributed by atoms with E-state index in [9.17, 15) is 0 Å². The largest absolute Gasteiger partial charge is 0.396 e. The molecule has 16 heavy (non-hydrogen) atoms. The van der Waals surface area contributed by atoms with Crippen molar-refractivity contribution in [3.8, 4) is 0 Å². The summed E-state index contributed by atoms with van der Waals surface area (Å²) < 4.78 is 0.985. The molecular weight excluding hydrogens is 268 g/mol. The van der Waals surface area contributed by atoms with E-state index in [-0.39, 0.29) is 6.61 Å². The molecule has 1 rings (SSSR count). The van der Waals surface area contributed by atoms with E-state index in [0.29, 0.717) is 5.92 Å². The second kappa shape index (κ2) is 7.63. The number of hydrogen-bond acceptors (Lipinski definition) is 3. The average molecular weight is 287 g/mol. The number of pyridine rings is 1. The summed E-state index contributed by atoms with van der Waals surface area (Å²) >= 11 is 3.35. The molecule has 0 saturated heterocycles. The minimum absolute atomic E-state index is 0.264. The first-order valence-corrected chi connectivity index (χ1v) is 6.51. The van der Waals surface area contributed by atoms with Crippen LogP contribution < -0.4 is 5.32 Å². The van der Waals surface area contributed by atoms with Crippen LogP contribution in [0.4, 0.5) is 5.82 Å². The van der Waals surface area contributed by atoms with E-state index < -0.39 is 0 Å². The summed E-state index contributed by atoms with van der Waals surface area (Å²) in [7, 11) is 0. The highest BCUT2D eigenvalue weighted by Crippen LogP contribution is 2.14. The fraction of sp³-hybridized carbons (Fsp3) is 0.583. The Morgan fingerprint density at radius 3 is 2.81 bits per heavy atom. The molecule has 0 bridgehead atoms. The molecule has 0 aliphatic carbocycles. The van der Waals surface area contributed by atoms with E-state index in [1.165, 1.54) is 0 Å². The van der Waals surface area contributed by atoms with Crippen LogP contribution in [0, 0.1) is 5.92 Å². The van der Waals surface area contributed by atoms with Gasteiger partial charge in [-0.15, -0.1) is 0 Å². The predicted molar refractivity (Wildman–Crippen MR) is 70.5 cm³/mol. The predicted octanol–water partition coefficient (Wildman–Crippen LogP) is 3.05. The minimum atomic E-state index is 0.264. The Morgan fingerprint density at radius 2 is 2.25 bits per heavy atom. The third-order valence-corrected chi connectivity index (χ3v) is 3.00. The van der Waals surface area contributed by atoms with Gasteiger partial charge < -0.3 is 10.4 Å². The Labute approximate surface area is 105 Å². The van der Waals surface area contributed by atoms with Crippen molar-refractivity contribution < 1.29 is 5.11 Å². The first-order chi connectivity index (χ1) is 7.76. The van der Waals surface area contributed by atoms with Crippen molar-refractivity contribution >= 4 is 21.7 Å². The van der Waals surface area contributed by atoms with Gasteiger partial charge in [0.1, 0.15) is 5.82 Å². The summed E-state index contributed by atoms with van der Waals surface area (Å²) in [6.07, 6.45) is 4.94. The van der Waals surface area contributed by atoms with Crippen LogP contribution in [-0.4, -0.2) is 23.2 Å². The van der Waals surface area contributed by atoms with Crippen molar-refractivity contribution in [1.29, 1.82) is 0 Å². The van der Waals surface area contributed by atoms with E-state index in [4.69, 9.17) is 5.11 Å². The Kier molecular flexibility index (Phi) is 6.42. The highest BCUT2D eigenvalue weighted by Gasteiger charge is 2.06. The van der Waals surface area contributed by atoms with Gasteiger partial charge >= 0.3 is 0 Å². The first kappa shape index (κ1) is 13.5. The van der Waals surface area contributed by atoms with Crippen LogP contribution in [0.2, 0.25) is 0 Å². The second-order valence-corrected chi connectivity index (χ2v) is 4.83. The number of aliphatic hydroxyl groups is 1. The van der Waals surface area contributed by atoms with Gasteiger partial charge in [-0.2, -0.15) is 0 Å². The molecule has 0 aromatic carbocycles. The van der Waals surface area contributed by atoms with Gasteiger partial charge in [0.25, 0.3) is 0 Å². The Balaban J connectivity index is 2.38. The Morgan fingerprint density at radius 1 is 1.44 bits per heavy atom. The van der Waals surface area contributed by atoms with Gasteiger partial charge in [0.05, 0.1) is 0 Å². The monoisotopic (exact) mass is 286 g/mol. The molecule has 3 nitrogen and oxygen atoms in total. The Bertz CT molecular complexity index is 284. The fourth-order valence-corrected chi connectivity index (χ4v) is 1.90. The van der Waals surface area contributed by atoms with E-state index in [0.717, 1.165) is 36.1 Å². The minimum Gasteiger partial charge on any atom is -0.396 e. The van der Waals surface area contributed by atoms with Crippen LogP contribution in [0.1, 0.15) is 26.2 Å². The lowest BCUT2D eigenvalue weighted by molar-refractivity contribution is 0.255. The van der Waals surface area contributed by atoms with Gasteiger partial charge in [-0.05, 0) is 46.8 Å². The molecular formula is C12H19BrN2O. The molecule has 90 valence electrons. The SMILES string of the molecule is CCCC(CCO)CNc1ccc(Br)cn1. The van der Waals surface area contributed by atoms with E-state index in [1.54, 1.807) is 6.20 Å². The number of nitrogens with one attached hydrogen (secondary N) is 1. The number of anilines is 1. The molecule has 4 heteroatoms. The molecule has 0 aliphatic rings. The zero-order valence-corrected chi connectivity index (χ0v) is 11.2. The molecule has 1 aromatic rings. The molecule has 2 N–H and O–H groups in total. The van der Waals surface area contributed by atoms with Gasteiger partial charge in [0, 0.05) is 23.8 Å². The maximum absolute atomic E-state index is 8.95. The third kappa shape index (κ3) is 4.94. The van der Waals surface area contributed by atoms with Gasteiger partial charge in [0.2, 0.25) is 0 Å². The van der Waals surface area contributed by atoms with Crippen molar-refractivity contribution in [3.05, 3.63) is 22.8 Å². The standard InChI is InChI=1S/C12H19BrN2O/c1-2-3-10(6-7-16)8-14-12-5-4-11(13)9-15-12/h4-5,9-10,16H,2-3,6-8H2,1H3,(H,14,15). The smallest absolute Gasteiger partial charge is 0.125 e. The zero-order valence-electron chi connectivity index (χ0n) is 9.62. The zero-order chi connectivity index (χ0) is 11.8. The molecule has 1 heterocycles. The number of aliphatic hydroxyl groups excluding tert-OH is 1. The lowest BCUT2D eigenvalue weighted by Gasteiger charge is -2.15. The highest BCUT2D eigenvalue weighted by atomic mass is 79.9. The van der Waals surface area contributed by atoms with Gasteiger partial charge in [-0.3, -0.25) is 0 Å². The van der Waals surface area contributed by atoms with Crippen molar-refractivity contribution in [3.63, 3.8) is 0 Å². The summed E-state index contributed by atoms with van der Waals surface area (Å²) in [6, 6.07) is 3.92. The topological polar surface area (TPSA) is 45.1 Å². The number of rotatable bonds is 7. The molecule has 0 radical (unpaired) electrons. The van der Waals surface area contributed by atoms with Crippen molar-refractivity contribution in [1.82, 2.24) is 4.98 Å². The normalized spacial score (nSPS) is 12.4. The molecule has 0 aliphatic heterocycles. The number of hydrogen-bond donors (Lipinski definition) is 2. The van der Waals surface area contributed by atoms with E-state index in [1.807, 2.05) is 12.1 Å². The van der Waals surface area contributed by atoms with Gasteiger partial charge in [0.15, 0.2) is 0 Å². The van der Waals surface area contributed by atoms with Crippen LogP contribution in [0.5, 0.6) is 0 Å². The van der Waals surface area contributed by atoms with Crippen LogP contribution in [0.15, 0.2) is 22.8 Å².